The molecule has 10 heteroatoms. The molecule has 0 spiro atoms. The first kappa shape index (κ1) is 19.8. The van der Waals surface area contributed by atoms with Crippen molar-refractivity contribution < 1.29 is 13.2 Å². The lowest BCUT2D eigenvalue weighted by Gasteiger charge is -2.30. The molecule has 0 aromatic carbocycles. The number of rotatable bonds is 4. The predicted octanol–water partition coefficient (Wildman–Crippen LogP) is 1.93. The Balaban J connectivity index is 1.98. The van der Waals surface area contributed by atoms with E-state index < -0.39 is 9.84 Å². The van der Waals surface area contributed by atoms with E-state index in [1.165, 1.54) is 6.26 Å². The minimum Gasteiger partial charge on any atom is -0.379 e. The average molecular weight is 412 g/mol. The molecule has 3 rings (SSSR count). The third-order valence-electron chi connectivity index (χ3n) is 4.16. The highest BCUT2D eigenvalue weighted by Gasteiger charge is 2.28. The number of nitrogen functional groups attached to an aromatic ring is 1. The minimum absolute atomic E-state index is 0.105. The Morgan fingerprint density at radius 1 is 1.37 bits per heavy atom. The first-order chi connectivity index (χ1) is 12.7. The van der Waals surface area contributed by atoms with Crippen molar-refractivity contribution >= 4 is 33.2 Å². The number of hydrogen-bond donors (Lipinski definition) is 1. The van der Waals surface area contributed by atoms with Gasteiger partial charge in [-0.05, 0) is 25.0 Å². The third kappa shape index (κ3) is 5.06. The quantitative estimate of drug-likeness (QED) is 0.812. The van der Waals surface area contributed by atoms with E-state index in [0.717, 1.165) is 12.1 Å². The summed E-state index contributed by atoms with van der Waals surface area (Å²) in [5.41, 5.74) is 7.75. The van der Waals surface area contributed by atoms with Crippen molar-refractivity contribution in [3.8, 4) is 0 Å². The van der Waals surface area contributed by atoms with Crippen LogP contribution in [0.1, 0.15) is 29.4 Å². The molecule has 0 unspecified atom stereocenters. The second kappa shape index (κ2) is 7.95. The van der Waals surface area contributed by atoms with Crippen molar-refractivity contribution in [3.63, 3.8) is 0 Å². The van der Waals surface area contributed by atoms with E-state index in [4.69, 9.17) is 22.1 Å². The number of aryl methyl sites for hydroxylation is 1. The normalized spacial score (nSPS) is 18.3. The lowest BCUT2D eigenvalue weighted by Crippen LogP contribution is -2.32. The molecule has 1 atom stereocenters. The summed E-state index contributed by atoms with van der Waals surface area (Å²) in [6.45, 7) is 3.57. The molecule has 2 aromatic heterocycles. The van der Waals surface area contributed by atoms with Crippen molar-refractivity contribution in [1.29, 1.82) is 0 Å². The maximum absolute atomic E-state index is 11.5. The number of pyridine rings is 1. The van der Waals surface area contributed by atoms with Crippen molar-refractivity contribution in [2.45, 2.75) is 25.1 Å². The second-order valence-corrected chi connectivity index (χ2v) is 9.19. The number of nitrogens with two attached hydrogens (primary N) is 1. The van der Waals surface area contributed by atoms with Crippen LogP contribution in [0.2, 0.25) is 5.02 Å². The minimum atomic E-state index is -3.17. The zero-order valence-corrected chi connectivity index (χ0v) is 16.8. The summed E-state index contributed by atoms with van der Waals surface area (Å²) in [5, 5.41) is 0.399. The Kier molecular flexibility index (Phi) is 5.83. The Morgan fingerprint density at radius 3 is 2.81 bits per heavy atom. The Bertz CT molecular complexity index is 918. The van der Waals surface area contributed by atoms with E-state index in [-0.39, 0.29) is 17.7 Å². The summed E-state index contributed by atoms with van der Waals surface area (Å²) in [6, 6.07) is 3.25. The largest absolute Gasteiger partial charge is 0.379 e. The van der Waals surface area contributed by atoms with Gasteiger partial charge in [-0.3, -0.25) is 4.98 Å². The van der Waals surface area contributed by atoms with Gasteiger partial charge < -0.3 is 15.4 Å². The third-order valence-corrected chi connectivity index (χ3v) is 5.32. The van der Waals surface area contributed by atoms with Gasteiger partial charge in [0.25, 0.3) is 0 Å². The smallest absolute Gasteiger partial charge is 0.222 e. The van der Waals surface area contributed by atoms with Crippen LogP contribution >= 0.6 is 11.6 Å². The Morgan fingerprint density at radius 2 is 2.15 bits per heavy atom. The van der Waals surface area contributed by atoms with E-state index >= 15 is 0 Å². The van der Waals surface area contributed by atoms with Gasteiger partial charge in [0, 0.05) is 37.4 Å². The van der Waals surface area contributed by atoms with Crippen molar-refractivity contribution in [3.05, 3.63) is 40.3 Å². The molecular weight excluding hydrogens is 390 g/mol. The molecule has 2 N–H and O–H groups in total. The van der Waals surface area contributed by atoms with Crippen LogP contribution in [-0.4, -0.2) is 49.4 Å². The molecular formula is C17H22ClN5O3S. The molecule has 27 heavy (non-hydrogen) atoms. The summed E-state index contributed by atoms with van der Waals surface area (Å²) >= 11 is 6.46. The molecule has 1 saturated heterocycles. The number of aromatic nitrogens is 3. The van der Waals surface area contributed by atoms with E-state index in [2.05, 4.69) is 19.9 Å². The SMILES string of the molecule is Cc1cc(N2CCCOC[C@@H]2c2ncc(CS(C)(=O)=O)cc2Cl)nc(N)n1. The molecule has 146 valence electrons. The van der Waals surface area contributed by atoms with E-state index in [1.807, 2.05) is 13.0 Å². The highest BCUT2D eigenvalue weighted by molar-refractivity contribution is 7.89. The van der Waals surface area contributed by atoms with Gasteiger partial charge in [0.1, 0.15) is 5.82 Å². The van der Waals surface area contributed by atoms with E-state index in [0.29, 0.717) is 41.9 Å². The predicted molar refractivity (Wildman–Crippen MR) is 104 cm³/mol. The summed E-state index contributed by atoms with van der Waals surface area (Å²) in [6.07, 6.45) is 3.55. The van der Waals surface area contributed by atoms with Gasteiger partial charge in [-0.1, -0.05) is 11.6 Å². The van der Waals surface area contributed by atoms with Crippen molar-refractivity contribution in [1.82, 2.24) is 15.0 Å². The summed E-state index contributed by atoms with van der Waals surface area (Å²) in [7, 11) is -3.17. The highest BCUT2D eigenvalue weighted by Crippen LogP contribution is 2.32. The Labute approximate surface area is 163 Å². The molecule has 0 aliphatic carbocycles. The molecule has 0 amide bonds. The van der Waals surface area contributed by atoms with Gasteiger partial charge in [-0.2, -0.15) is 4.98 Å². The van der Waals surface area contributed by atoms with Crippen LogP contribution < -0.4 is 10.6 Å². The fraction of sp³-hybridized carbons (Fsp3) is 0.471. The topological polar surface area (TPSA) is 111 Å². The standard InChI is InChI=1S/C17H22ClN5O3S/c1-11-6-15(22-17(19)21-11)23-4-3-5-26-9-14(23)16-13(18)7-12(8-20-16)10-27(2,24)25/h6-8,14H,3-5,9-10H2,1-2H3,(H2,19,21,22)/t14-/m1/s1. The number of anilines is 2. The van der Waals surface area contributed by atoms with Crippen molar-refractivity contribution in [2.75, 3.05) is 36.6 Å². The van der Waals surface area contributed by atoms with Gasteiger partial charge >= 0.3 is 0 Å². The summed E-state index contributed by atoms with van der Waals surface area (Å²) < 4.78 is 28.8. The average Bonchev–Trinajstić information content (AvgIpc) is 2.78. The zero-order chi connectivity index (χ0) is 19.6. The first-order valence-corrected chi connectivity index (χ1v) is 10.9. The second-order valence-electron chi connectivity index (χ2n) is 6.64. The van der Waals surface area contributed by atoms with Crippen LogP contribution in [0.5, 0.6) is 0 Å². The van der Waals surface area contributed by atoms with Crippen molar-refractivity contribution in [2.24, 2.45) is 0 Å². The molecule has 2 aromatic rings. The lowest BCUT2D eigenvalue weighted by atomic mass is 10.1. The van der Waals surface area contributed by atoms with Crippen LogP contribution in [0, 0.1) is 6.92 Å². The zero-order valence-electron chi connectivity index (χ0n) is 15.2. The molecule has 1 aliphatic heterocycles. The van der Waals surface area contributed by atoms with Crippen LogP contribution in [-0.2, 0) is 20.3 Å². The maximum atomic E-state index is 11.5. The fourth-order valence-electron chi connectivity index (χ4n) is 3.12. The first-order valence-electron chi connectivity index (χ1n) is 8.50. The number of ether oxygens (including phenoxy) is 1. The number of sulfone groups is 1. The molecule has 8 nitrogen and oxygen atoms in total. The lowest BCUT2D eigenvalue weighted by molar-refractivity contribution is 0.133. The number of hydrogen-bond acceptors (Lipinski definition) is 8. The molecule has 3 heterocycles. The van der Waals surface area contributed by atoms with Gasteiger partial charge in [0.2, 0.25) is 5.95 Å². The maximum Gasteiger partial charge on any atom is 0.222 e. The molecule has 1 fully saturated rings. The fourth-order valence-corrected chi connectivity index (χ4v) is 4.19. The van der Waals surface area contributed by atoms with Crippen LogP contribution in [0.15, 0.2) is 18.3 Å². The van der Waals surface area contributed by atoms with Crippen LogP contribution in [0.4, 0.5) is 11.8 Å². The summed E-state index contributed by atoms with van der Waals surface area (Å²) in [5.74, 6) is 0.789. The van der Waals surface area contributed by atoms with E-state index in [1.54, 1.807) is 12.3 Å². The Hall–Kier alpha value is -1.97. The van der Waals surface area contributed by atoms with Crippen LogP contribution in [0.3, 0.4) is 0 Å². The summed E-state index contributed by atoms with van der Waals surface area (Å²) in [4.78, 5) is 15.0. The van der Waals surface area contributed by atoms with E-state index in [9.17, 15) is 8.42 Å². The molecule has 1 aliphatic rings. The molecule has 0 bridgehead atoms. The molecule has 0 radical (unpaired) electrons. The van der Waals surface area contributed by atoms with Gasteiger partial charge in [0.15, 0.2) is 9.84 Å². The monoisotopic (exact) mass is 411 g/mol. The number of nitrogens with zero attached hydrogens (tertiary/aromatic N) is 4. The molecule has 0 saturated carbocycles. The van der Waals surface area contributed by atoms with Crippen LogP contribution in [0.25, 0.3) is 0 Å². The van der Waals surface area contributed by atoms with Gasteiger partial charge in [-0.25, -0.2) is 13.4 Å². The highest BCUT2D eigenvalue weighted by atomic mass is 35.5. The van der Waals surface area contributed by atoms with Gasteiger partial charge in [0.05, 0.1) is 29.1 Å². The number of halogens is 1. The van der Waals surface area contributed by atoms with Gasteiger partial charge in [-0.15, -0.1) is 0 Å².